The second kappa shape index (κ2) is 9.28. The summed E-state index contributed by atoms with van der Waals surface area (Å²) in [5.74, 6) is 0. The molecule has 0 bridgehead atoms. The van der Waals surface area contributed by atoms with Gasteiger partial charge in [0, 0.05) is 0 Å². The van der Waals surface area contributed by atoms with Crippen LogP contribution < -0.4 is 0 Å². The third-order valence-electron chi connectivity index (χ3n) is 3.73. The minimum absolute atomic E-state index is 0.526. The number of rotatable bonds is 2. The molecule has 2 heterocycles. The number of hydrogen-bond acceptors (Lipinski definition) is 12. The van der Waals surface area contributed by atoms with Crippen LogP contribution >= 0.6 is 0 Å². The van der Waals surface area contributed by atoms with Gasteiger partial charge in [0.05, 0.1) is 13.2 Å². The van der Waals surface area contributed by atoms with Crippen molar-refractivity contribution in [3.63, 3.8) is 0 Å². The van der Waals surface area contributed by atoms with Crippen LogP contribution in [0.5, 0.6) is 0 Å². The first-order chi connectivity index (χ1) is 11.1. The molecule has 2 saturated heterocycles. The Bertz CT molecular complexity index is 326. The molecule has 2 fully saturated rings. The molecule has 4 unspecified atom stereocenters. The first-order valence-corrected chi connectivity index (χ1v) is 7.12. The summed E-state index contributed by atoms with van der Waals surface area (Å²) in [7, 11) is 0. The molecule has 0 aliphatic carbocycles. The Morgan fingerprint density at radius 1 is 0.458 bits per heavy atom. The Morgan fingerprint density at radius 3 is 1.00 bits per heavy atom. The molecule has 2 aliphatic heterocycles. The van der Waals surface area contributed by atoms with Crippen molar-refractivity contribution in [1.82, 2.24) is 0 Å². The Balaban J connectivity index is 0.000000240. The van der Waals surface area contributed by atoms with E-state index >= 15 is 0 Å². The van der Waals surface area contributed by atoms with Crippen LogP contribution in [0.1, 0.15) is 0 Å². The molecule has 24 heavy (non-hydrogen) atoms. The number of hydrogen-bond donors (Lipinski definition) is 10. The molecule has 2 aliphatic rings. The lowest BCUT2D eigenvalue weighted by Gasteiger charge is -2.37. The van der Waals surface area contributed by atoms with Crippen LogP contribution in [0.15, 0.2) is 0 Å². The molecule has 0 spiro atoms. The highest BCUT2D eigenvalue weighted by Gasteiger charge is 2.43. The third-order valence-corrected chi connectivity index (χ3v) is 3.73. The second-order valence-corrected chi connectivity index (χ2v) is 5.44. The summed E-state index contributed by atoms with van der Waals surface area (Å²) in [4.78, 5) is 0. The molecule has 12 nitrogen and oxygen atoms in total. The predicted molar refractivity (Wildman–Crippen MR) is 72.0 cm³/mol. The van der Waals surface area contributed by atoms with Crippen LogP contribution in [-0.2, 0) is 9.47 Å². The molecular formula is C12H24O12. The van der Waals surface area contributed by atoms with E-state index in [1.807, 2.05) is 0 Å². The van der Waals surface area contributed by atoms with E-state index in [4.69, 9.17) is 51.1 Å². The van der Waals surface area contributed by atoms with E-state index in [1.165, 1.54) is 0 Å². The Kier molecular flexibility index (Phi) is 8.34. The molecule has 12 heteroatoms. The molecule has 2 rings (SSSR count). The van der Waals surface area contributed by atoms with Gasteiger partial charge < -0.3 is 60.5 Å². The summed E-state index contributed by atoms with van der Waals surface area (Å²) in [5, 5.41) is 89.3. The lowest BCUT2D eigenvalue weighted by molar-refractivity contribution is -0.286. The molecular weight excluding hydrogens is 336 g/mol. The summed E-state index contributed by atoms with van der Waals surface area (Å²) in [6, 6.07) is 0. The average molecular weight is 360 g/mol. The van der Waals surface area contributed by atoms with E-state index in [9.17, 15) is 0 Å². The molecule has 10 N–H and O–H groups in total. The van der Waals surface area contributed by atoms with Gasteiger partial charge in [-0.1, -0.05) is 0 Å². The second-order valence-electron chi connectivity index (χ2n) is 5.44. The van der Waals surface area contributed by atoms with Gasteiger partial charge >= 0.3 is 0 Å². The Morgan fingerprint density at radius 2 is 0.750 bits per heavy atom. The molecule has 0 radical (unpaired) electrons. The van der Waals surface area contributed by atoms with E-state index in [2.05, 4.69) is 9.47 Å². The fourth-order valence-electron chi connectivity index (χ4n) is 2.16. The van der Waals surface area contributed by atoms with Gasteiger partial charge in [0.2, 0.25) is 0 Å². The Labute approximate surface area is 136 Å². The van der Waals surface area contributed by atoms with Crippen molar-refractivity contribution >= 4 is 0 Å². The number of aliphatic hydroxyl groups excluding tert-OH is 10. The highest BCUT2D eigenvalue weighted by atomic mass is 16.6. The van der Waals surface area contributed by atoms with Crippen LogP contribution in [0.25, 0.3) is 0 Å². The van der Waals surface area contributed by atoms with Gasteiger partial charge in [0.25, 0.3) is 0 Å². The van der Waals surface area contributed by atoms with E-state index in [0.717, 1.165) is 0 Å². The van der Waals surface area contributed by atoms with Crippen LogP contribution in [0.2, 0.25) is 0 Å². The molecule has 0 saturated carbocycles. The topological polar surface area (TPSA) is 221 Å². The van der Waals surface area contributed by atoms with Crippen LogP contribution in [-0.4, -0.2) is 126 Å². The van der Waals surface area contributed by atoms with Gasteiger partial charge in [-0.25, -0.2) is 0 Å². The zero-order valence-corrected chi connectivity index (χ0v) is 12.5. The van der Waals surface area contributed by atoms with Gasteiger partial charge in [-0.3, -0.25) is 0 Å². The number of ether oxygens (including phenoxy) is 2. The highest BCUT2D eigenvalue weighted by Crippen LogP contribution is 2.19. The van der Waals surface area contributed by atoms with Gasteiger partial charge in [0.15, 0.2) is 12.6 Å². The van der Waals surface area contributed by atoms with Crippen molar-refractivity contribution in [2.45, 2.75) is 61.4 Å². The SMILES string of the molecule is OCC1O[C@@H](O)[C@@H](O)C(O)[C@@H]1O.OCC1O[C@H](O)[C@@H](O)C(O)[C@@H]1O. The summed E-state index contributed by atoms with van der Waals surface area (Å²) in [6.45, 7) is -1.05. The zero-order chi connectivity index (χ0) is 18.6. The van der Waals surface area contributed by atoms with Crippen LogP contribution in [0.4, 0.5) is 0 Å². The summed E-state index contributed by atoms with van der Waals surface area (Å²) in [5.41, 5.74) is 0. The fourth-order valence-corrected chi connectivity index (χ4v) is 2.16. The standard InChI is InChI=1S/2C6H12O6/c2*7-1-2-3(8)4(9)5(10)6(11)12-2/h2*2-11H,1H2/t2?,3-,4?,5+,6+;2?,3-,4?,5+,6-/m11/s1. The van der Waals surface area contributed by atoms with E-state index < -0.39 is 74.6 Å². The largest absolute Gasteiger partial charge is 0.394 e. The van der Waals surface area contributed by atoms with E-state index in [-0.39, 0.29) is 0 Å². The normalized spacial score (nSPS) is 49.2. The maximum atomic E-state index is 9.12. The quantitative estimate of drug-likeness (QED) is 0.222. The zero-order valence-electron chi connectivity index (χ0n) is 12.5. The maximum absolute atomic E-state index is 9.12. The van der Waals surface area contributed by atoms with Crippen molar-refractivity contribution in [2.24, 2.45) is 0 Å². The van der Waals surface area contributed by atoms with Crippen molar-refractivity contribution in [3.8, 4) is 0 Å². The van der Waals surface area contributed by atoms with Crippen molar-refractivity contribution in [3.05, 3.63) is 0 Å². The fraction of sp³-hybridized carbons (Fsp3) is 1.00. The van der Waals surface area contributed by atoms with Gasteiger partial charge in [-0.15, -0.1) is 0 Å². The smallest absolute Gasteiger partial charge is 0.184 e. The molecule has 0 aromatic carbocycles. The molecule has 0 aromatic heterocycles. The van der Waals surface area contributed by atoms with E-state index in [1.54, 1.807) is 0 Å². The van der Waals surface area contributed by atoms with E-state index in [0.29, 0.717) is 0 Å². The lowest BCUT2D eigenvalue weighted by atomic mass is 10.00. The van der Waals surface area contributed by atoms with Gasteiger partial charge in [-0.2, -0.15) is 0 Å². The maximum Gasteiger partial charge on any atom is 0.184 e. The minimum Gasteiger partial charge on any atom is -0.394 e. The predicted octanol–water partition coefficient (Wildman–Crippen LogP) is -6.44. The average Bonchev–Trinajstić information content (AvgIpc) is 2.58. The molecule has 144 valence electrons. The van der Waals surface area contributed by atoms with Crippen molar-refractivity contribution in [1.29, 1.82) is 0 Å². The van der Waals surface area contributed by atoms with Crippen LogP contribution in [0, 0.1) is 0 Å². The van der Waals surface area contributed by atoms with Gasteiger partial charge in [0.1, 0.15) is 48.8 Å². The lowest BCUT2D eigenvalue weighted by Crippen LogP contribution is -2.58. The van der Waals surface area contributed by atoms with Gasteiger partial charge in [-0.05, 0) is 0 Å². The van der Waals surface area contributed by atoms with Crippen LogP contribution in [0.3, 0.4) is 0 Å². The summed E-state index contributed by atoms with van der Waals surface area (Å²) < 4.78 is 9.15. The Hall–Kier alpha value is -0.480. The monoisotopic (exact) mass is 360 g/mol. The summed E-state index contributed by atoms with van der Waals surface area (Å²) >= 11 is 0. The van der Waals surface area contributed by atoms with Crippen molar-refractivity contribution < 1.29 is 60.5 Å². The highest BCUT2D eigenvalue weighted by molar-refractivity contribution is 4.88. The minimum atomic E-state index is -1.57. The third kappa shape index (κ3) is 4.78. The summed E-state index contributed by atoms with van der Waals surface area (Å²) in [6.07, 6.45) is -14.1. The first kappa shape index (κ1) is 21.6. The first-order valence-electron chi connectivity index (χ1n) is 7.12. The molecule has 10 atom stereocenters. The molecule has 0 aromatic rings. The number of aliphatic hydroxyl groups is 10. The molecule has 0 amide bonds. The van der Waals surface area contributed by atoms with Crippen molar-refractivity contribution in [2.75, 3.05) is 13.2 Å².